The molecule has 1 atom stereocenters. The molecule has 0 saturated carbocycles. The molecular weight excluding hydrogens is 440 g/mol. The number of hydrazone groups is 1. The van der Waals surface area contributed by atoms with Crippen molar-refractivity contribution < 1.29 is 19.1 Å². The third-order valence-electron chi connectivity index (χ3n) is 5.44. The lowest BCUT2D eigenvalue weighted by molar-refractivity contribution is -0.139. The predicted octanol–water partition coefficient (Wildman–Crippen LogP) is 3.57. The number of nitrogens with one attached hydrogen (secondary N) is 1. The molecule has 0 aliphatic carbocycles. The van der Waals surface area contributed by atoms with Gasteiger partial charge in [-0.1, -0.05) is 43.7 Å². The molecule has 1 spiro atoms. The van der Waals surface area contributed by atoms with E-state index < -0.39 is 4.87 Å². The summed E-state index contributed by atoms with van der Waals surface area (Å²) in [5, 5.41) is 8.28. The van der Waals surface area contributed by atoms with E-state index in [1.54, 1.807) is 4.90 Å². The first kappa shape index (κ1) is 22.8. The summed E-state index contributed by atoms with van der Waals surface area (Å²) in [6.07, 6.45) is 2.06. The number of para-hydroxylation sites is 1. The molecule has 3 amide bonds. The minimum Gasteiger partial charge on any atom is -0.494 e. The summed E-state index contributed by atoms with van der Waals surface area (Å²) in [5.41, 5.74) is 2.31. The highest BCUT2D eigenvalue weighted by Crippen LogP contribution is 2.54. The van der Waals surface area contributed by atoms with E-state index in [-0.39, 0.29) is 22.9 Å². The number of benzene rings is 2. The second-order valence-corrected chi connectivity index (χ2v) is 9.10. The maximum absolute atomic E-state index is 13.9. The summed E-state index contributed by atoms with van der Waals surface area (Å²) >= 11 is 1.08. The molecule has 0 bridgehead atoms. The number of rotatable bonds is 6. The monoisotopic (exact) mass is 466 g/mol. The van der Waals surface area contributed by atoms with Crippen LogP contribution in [0, 0.1) is 0 Å². The first-order valence-corrected chi connectivity index (χ1v) is 11.7. The Morgan fingerprint density at radius 2 is 1.85 bits per heavy atom. The Kier molecular flexibility index (Phi) is 6.42. The number of ether oxygens (including phenoxy) is 1. The second-order valence-electron chi connectivity index (χ2n) is 7.92. The number of unbranched alkanes of at least 4 members (excludes halogenated alkanes) is 1. The van der Waals surface area contributed by atoms with Gasteiger partial charge >= 0.3 is 0 Å². The molecule has 2 heterocycles. The van der Waals surface area contributed by atoms with Crippen molar-refractivity contribution >= 4 is 40.3 Å². The number of nitrogens with zero attached hydrogens (tertiary/aromatic N) is 3. The number of thioether (sulfide) groups is 1. The molecule has 4 rings (SSSR count). The predicted molar refractivity (Wildman–Crippen MR) is 128 cm³/mol. The Morgan fingerprint density at radius 3 is 2.52 bits per heavy atom. The maximum Gasteiger partial charge on any atom is 0.271 e. The zero-order valence-electron chi connectivity index (χ0n) is 18.8. The summed E-state index contributed by atoms with van der Waals surface area (Å²) in [7, 11) is 0. The molecule has 0 aromatic heterocycles. The van der Waals surface area contributed by atoms with E-state index >= 15 is 0 Å². The SMILES string of the molecule is CCCCOc1ccc(CN2C(=O)[C@]3(SC(NC(C)=O)=NN3C(C)=O)c3ccccc32)cc1. The highest BCUT2D eigenvalue weighted by Gasteiger charge is 2.61. The summed E-state index contributed by atoms with van der Waals surface area (Å²) in [5.74, 6) is -0.199. The van der Waals surface area contributed by atoms with Gasteiger partial charge in [0.25, 0.3) is 5.91 Å². The number of carbonyl (C=O) groups is 3. The summed E-state index contributed by atoms with van der Waals surface area (Å²) < 4.78 is 5.73. The molecule has 0 radical (unpaired) electrons. The average molecular weight is 467 g/mol. The van der Waals surface area contributed by atoms with Crippen LogP contribution in [0.5, 0.6) is 5.75 Å². The maximum atomic E-state index is 13.9. The Labute approximate surface area is 197 Å². The summed E-state index contributed by atoms with van der Waals surface area (Å²) in [4.78, 5) is 38.3. The van der Waals surface area contributed by atoms with Crippen molar-refractivity contribution in [1.29, 1.82) is 0 Å². The fourth-order valence-electron chi connectivity index (χ4n) is 3.93. The topological polar surface area (TPSA) is 91.3 Å². The molecule has 2 aliphatic heterocycles. The van der Waals surface area contributed by atoms with Gasteiger partial charge in [0.15, 0.2) is 5.17 Å². The molecule has 33 heavy (non-hydrogen) atoms. The van der Waals surface area contributed by atoms with Gasteiger partial charge in [0.1, 0.15) is 5.75 Å². The van der Waals surface area contributed by atoms with Crippen LogP contribution in [0.4, 0.5) is 5.69 Å². The molecular formula is C24H26N4O4S. The molecule has 0 fully saturated rings. The third-order valence-corrected chi connectivity index (χ3v) is 6.68. The van der Waals surface area contributed by atoms with Crippen molar-refractivity contribution in [3.05, 3.63) is 59.7 Å². The van der Waals surface area contributed by atoms with E-state index in [1.807, 2.05) is 48.5 Å². The Hall–Kier alpha value is -3.33. The molecule has 172 valence electrons. The van der Waals surface area contributed by atoms with Gasteiger partial charge < -0.3 is 15.0 Å². The van der Waals surface area contributed by atoms with Gasteiger partial charge in [0.05, 0.1) is 18.8 Å². The number of fused-ring (bicyclic) bond motifs is 2. The van der Waals surface area contributed by atoms with Gasteiger partial charge in [0, 0.05) is 19.4 Å². The highest BCUT2D eigenvalue weighted by molar-refractivity contribution is 8.15. The number of anilines is 1. The average Bonchev–Trinajstić information content (AvgIpc) is 3.27. The molecule has 1 N–H and O–H groups in total. The molecule has 8 nitrogen and oxygen atoms in total. The fraction of sp³-hybridized carbons (Fsp3) is 0.333. The summed E-state index contributed by atoms with van der Waals surface area (Å²) in [6, 6.07) is 15.0. The Morgan fingerprint density at radius 1 is 1.12 bits per heavy atom. The van der Waals surface area contributed by atoms with Crippen LogP contribution in [0.15, 0.2) is 53.6 Å². The van der Waals surface area contributed by atoms with Gasteiger partial charge in [-0.3, -0.25) is 14.4 Å². The van der Waals surface area contributed by atoms with Gasteiger partial charge in [-0.05, 0) is 41.9 Å². The molecule has 0 unspecified atom stereocenters. The normalized spacial score (nSPS) is 19.0. The fourth-order valence-corrected chi connectivity index (χ4v) is 5.26. The van der Waals surface area contributed by atoms with E-state index in [0.29, 0.717) is 24.4 Å². The van der Waals surface area contributed by atoms with E-state index in [1.165, 1.54) is 18.9 Å². The van der Waals surface area contributed by atoms with Crippen LogP contribution >= 0.6 is 11.8 Å². The van der Waals surface area contributed by atoms with Crippen molar-refractivity contribution in [2.75, 3.05) is 11.5 Å². The van der Waals surface area contributed by atoms with Crippen molar-refractivity contribution in [2.45, 2.75) is 45.0 Å². The number of amides is 3. The zero-order valence-corrected chi connectivity index (χ0v) is 19.6. The van der Waals surface area contributed by atoms with Crippen LogP contribution in [0.3, 0.4) is 0 Å². The largest absolute Gasteiger partial charge is 0.494 e. The van der Waals surface area contributed by atoms with E-state index in [9.17, 15) is 14.4 Å². The second kappa shape index (κ2) is 9.27. The smallest absolute Gasteiger partial charge is 0.271 e. The van der Waals surface area contributed by atoms with Crippen LogP contribution < -0.4 is 15.0 Å². The number of amidine groups is 1. The Bertz CT molecular complexity index is 1120. The van der Waals surface area contributed by atoms with Gasteiger partial charge in [-0.2, -0.15) is 5.01 Å². The van der Waals surface area contributed by atoms with Crippen LogP contribution in [-0.4, -0.2) is 34.5 Å². The minimum absolute atomic E-state index is 0.219. The number of carbonyl (C=O) groups excluding carboxylic acids is 3. The Balaban J connectivity index is 1.64. The van der Waals surface area contributed by atoms with E-state index in [2.05, 4.69) is 17.3 Å². The van der Waals surface area contributed by atoms with Crippen LogP contribution in [0.1, 0.15) is 44.7 Å². The lowest BCUT2D eigenvalue weighted by atomic mass is 10.1. The molecule has 2 aromatic rings. The minimum atomic E-state index is -1.39. The van der Waals surface area contributed by atoms with E-state index in [0.717, 1.165) is 35.9 Å². The lowest BCUT2D eigenvalue weighted by Crippen LogP contribution is -2.48. The van der Waals surface area contributed by atoms with Crippen molar-refractivity contribution in [2.24, 2.45) is 5.10 Å². The lowest BCUT2D eigenvalue weighted by Gasteiger charge is -2.29. The first-order chi connectivity index (χ1) is 15.9. The standard InChI is InChI=1S/C24H26N4O4S/c1-4-5-14-32-19-12-10-18(11-13-19)15-27-21-9-7-6-8-20(21)24(22(27)31)28(17(3)30)26-23(33-24)25-16(2)29/h6-13H,4-5,14-15H2,1-3H3,(H,25,26,29)/t24-/m1/s1. The first-order valence-electron chi connectivity index (χ1n) is 10.9. The van der Waals surface area contributed by atoms with E-state index in [4.69, 9.17) is 4.74 Å². The van der Waals surface area contributed by atoms with Crippen molar-refractivity contribution in [1.82, 2.24) is 10.3 Å². The summed E-state index contributed by atoms with van der Waals surface area (Å²) in [6.45, 7) is 5.83. The number of hydrogen-bond donors (Lipinski definition) is 1. The molecule has 9 heteroatoms. The third kappa shape index (κ3) is 4.20. The van der Waals surface area contributed by atoms with Gasteiger partial charge in [-0.25, -0.2) is 0 Å². The highest BCUT2D eigenvalue weighted by atomic mass is 32.2. The number of hydrogen-bond acceptors (Lipinski definition) is 6. The van der Waals surface area contributed by atoms with Crippen LogP contribution in [0.2, 0.25) is 0 Å². The molecule has 0 saturated heterocycles. The zero-order chi connectivity index (χ0) is 23.6. The van der Waals surface area contributed by atoms with Crippen LogP contribution in [0.25, 0.3) is 0 Å². The van der Waals surface area contributed by atoms with Gasteiger partial charge in [0.2, 0.25) is 16.7 Å². The van der Waals surface area contributed by atoms with Gasteiger partial charge in [-0.15, -0.1) is 5.10 Å². The molecule has 2 aromatic carbocycles. The van der Waals surface area contributed by atoms with Crippen LogP contribution in [-0.2, 0) is 25.8 Å². The van der Waals surface area contributed by atoms with Crippen molar-refractivity contribution in [3.63, 3.8) is 0 Å². The quantitative estimate of drug-likeness (QED) is 0.658. The molecule has 2 aliphatic rings. The van der Waals surface area contributed by atoms with Crippen molar-refractivity contribution in [3.8, 4) is 5.75 Å².